The van der Waals surface area contributed by atoms with E-state index in [1.54, 1.807) is 47.1 Å². The van der Waals surface area contributed by atoms with Gasteiger partial charge in [0.15, 0.2) is 0 Å². The maximum absolute atomic E-state index is 12.4. The molecule has 0 aliphatic rings. The summed E-state index contributed by atoms with van der Waals surface area (Å²) in [6.07, 6.45) is 3.30. The van der Waals surface area contributed by atoms with E-state index < -0.39 is 41.8 Å². The van der Waals surface area contributed by atoms with Crippen LogP contribution < -0.4 is 10.4 Å². The Morgan fingerprint density at radius 2 is 0.898 bits per heavy atom. The summed E-state index contributed by atoms with van der Waals surface area (Å²) in [5.41, 5.74) is 9.59. The minimum absolute atomic E-state index is 0.107. The molecule has 49 heavy (non-hydrogen) atoms. The van der Waals surface area contributed by atoms with Gasteiger partial charge in [0.2, 0.25) is 0 Å². The van der Waals surface area contributed by atoms with E-state index in [0.29, 0.717) is 12.8 Å². The standard InChI is InChI=1S/C35H44O12Si2/c1-7-48(8-2)30-24-26(5)18-20-28(30)32(36)42-46-44-34(38)40-22-16-14-12-11-13-15-17-23-41-35(39)45-47-43-33(37)29-21-19-27(6)25-31(29)49(9-3)10-4/h7-10,18-21,24-25,48-49H,1-4,11-17,22-23H2,5-6H3. The molecule has 0 unspecified atom stereocenters. The van der Waals surface area contributed by atoms with Gasteiger partial charge in [-0.3, -0.25) is 9.78 Å². The zero-order valence-corrected chi connectivity index (χ0v) is 30.3. The van der Waals surface area contributed by atoms with Crippen LogP contribution in [-0.2, 0) is 39.1 Å². The molecule has 0 heterocycles. The van der Waals surface area contributed by atoms with E-state index in [4.69, 9.17) is 9.47 Å². The van der Waals surface area contributed by atoms with Gasteiger partial charge >= 0.3 is 24.2 Å². The highest BCUT2D eigenvalue weighted by Gasteiger charge is 2.21. The molecule has 0 atom stereocenters. The van der Waals surface area contributed by atoms with E-state index in [-0.39, 0.29) is 24.3 Å². The third-order valence-electron chi connectivity index (χ3n) is 7.24. The number of unbranched alkanes of at least 4 members (excludes halogenated alkanes) is 6. The zero-order chi connectivity index (χ0) is 36.0. The van der Waals surface area contributed by atoms with Crippen molar-refractivity contribution in [3.8, 4) is 0 Å². The molecule has 0 aromatic heterocycles. The highest BCUT2D eigenvalue weighted by Crippen LogP contribution is 2.10. The Bertz CT molecular complexity index is 1330. The lowest BCUT2D eigenvalue weighted by Crippen LogP contribution is -2.32. The normalized spacial score (nSPS) is 10.5. The van der Waals surface area contributed by atoms with E-state index >= 15 is 0 Å². The summed E-state index contributed by atoms with van der Waals surface area (Å²) >= 11 is 0. The highest BCUT2D eigenvalue weighted by atomic mass is 28.3. The Kier molecular flexibility index (Phi) is 18.8. The van der Waals surface area contributed by atoms with Crippen molar-refractivity contribution < 1.29 is 58.3 Å². The first kappa shape index (κ1) is 40.4. The number of carbonyl (C=O) groups excluding carboxylic acids is 4. The molecule has 2 aromatic carbocycles. The van der Waals surface area contributed by atoms with Gasteiger partial charge in [0.05, 0.1) is 34.4 Å². The Balaban J connectivity index is 1.49. The number of rotatable bonds is 22. The van der Waals surface area contributed by atoms with E-state index in [9.17, 15) is 19.2 Å². The molecule has 12 nitrogen and oxygen atoms in total. The van der Waals surface area contributed by atoms with Crippen molar-refractivity contribution in [2.75, 3.05) is 13.2 Å². The number of carbonyl (C=O) groups is 4. The topological polar surface area (TPSA) is 142 Å². The van der Waals surface area contributed by atoms with Crippen LogP contribution in [0.25, 0.3) is 0 Å². The Morgan fingerprint density at radius 3 is 1.24 bits per heavy atom. The second-order valence-corrected chi connectivity index (χ2v) is 16.1. The molecule has 2 aromatic rings. The van der Waals surface area contributed by atoms with Crippen LogP contribution in [0.4, 0.5) is 9.59 Å². The molecule has 0 N–H and O–H groups in total. The van der Waals surface area contributed by atoms with Gasteiger partial charge in [0.1, 0.15) is 17.6 Å². The number of ether oxygens (including phenoxy) is 2. The highest BCUT2D eigenvalue weighted by molar-refractivity contribution is 6.83. The van der Waals surface area contributed by atoms with Gasteiger partial charge in [-0.15, -0.1) is 26.3 Å². The van der Waals surface area contributed by atoms with Gasteiger partial charge in [-0.05, 0) is 49.2 Å². The number of hydrogen-bond donors (Lipinski definition) is 0. The quantitative estimate of drug-likeness (QED) is 0.0478. The number of hydrogen-bond acceptors (Lipinski definition) is 12. The fourth-order valence-electron chi connectivity index (χ4n) is 4.68. The van der Waals surface area contributed by atoms with E-state index in [1.807, 2.05) is 26.0 Å². The molecule has 0 radical (unpaired) electrons. The molecule has 0 bridgehead atoms. The van der Waals surface area contributed by atoms with Crippen molar-refractivity contribution in [2.45, 2.75) is 58.8 Å². The van der Waals surface area contributed by atoms with Crippen molar-refractivity contribution >= 4 is 52.2 Å². The first-order chi connectivity index (χ1) is 23.6. The predicted octanol–water partition coefficient (Wildman–Crippen LogP) is 5.82. The molecular weight excluding hydrogens is 669 g/mol. The van der Waals surface area contributed by atoms with Gasteiger partial charge in [-0.1, -0.05) is 90.3 Å². The summed E-state index contributed by atoms with van der Waals surface area (Å²) in [6, 6.07) is 10.5. The monoisotopic (exact) mass is 712 g/mol. The van der Waals surface area contributed by atoms with Crippen LogP contribution in [0.2, 0.25) is 0 Å². The summed E-state index contributed by atoms with van der Waals surface area (Å²) in [6.45, 7) is 19.3. The maximum atomic E-state index is 12.4. The van der Waals surface area contributed by atoms with E-state index in [0.717, 1.165) is 53.6 Å². The van der Waals surface area contributed by atoms with Crippen LogP contribution >= 0.6 is 0 Å². The Labute approximate surface area is 289 Å². The fourth-order valence-corrected chi connectivity index (χ4v) is 8.13. The summed E-state index contributed by atoms with van der Waals surface area (Å²) in [5, 5.41) is 10.2. The Hall–Kier alpha value is -4.77. The summed E-state index contributed by atoms with van der Waals surface area (Å²) < 4.78 is 9.83. The average Bonchev–Trinajstić information content (AvgIpc) is 3.08. The summed E-state index contributed by atoms with van der Waals surface area (Å²) in [5.74, 6) is -1.63. The largest absolute Gasteiger partial charge is 0.543 e. The second kappa shape index (κ2) is 22.7. The predicted molar refractivity (Wildman–Crippen MR) is 187 cm³/mol. The average molecular weight is 713 g/mol. The van der Waals surface area contributed by atoms with Crippen molar-refractivity contribution in [3.63, 3.8) is 0 Å². The fraction of sp³-hybridized carbons (Fsp3) is 0.314. The number of benzene rings is 2. The first-order valence-electron chi connectivity index (χ1n) is 15.8. The molecule has 264 valence electrons. The minimum atomic E-state index is -1.79. The minimum Gasteiger partial charge on any atom is -0.432 e. The van der Waals surface area contributed by atoms with Crippen molar-refractivity contribution in [1.29, 1.82) is 0 Å². The second-order valence-electron chi connectivity index (χ2n) is 10.9. The van der Waals surface area contributed by atoms with Crippen LogP contribution in [-0.4, -0.2) is 55.1 Å². The van der Waals surface area contributed by atoms with Gasteiger partial charge in [0.25, 0.3) is 0 Å². The molecule has 0 saturated heterocycles. The lowest BCUT2D eigenvalue weighted by atomic mass is 10.1. The van der Waals surface area contributed by atoms with Crippen LogP contribution in [0.5, 0.6) is 0 Å². The lowest BCUT2D eigenvalue weighted by Gasteiger charge is -2.12. The third-order valence-corrected chi connectivity index (χ3v) is 11.7. The van der Waals surface area contributed by atoms with Crippen molar-refractivity contribution in [2.24, 2.45) is 0 Å². The van der Waals surface area contributed by atoms with Crippen LogP contribution in [0, 0.1) is 13.8 Å². The number of aryl methyl sites for hydroxylation is 2. The van der Waals surface area contributed by atoms with Crippen LogP contribution in [0.1, 0.15) is 76.8 Å². The zero-order valence-electron chi connectivity index (χ0n) is 28.0. The molecule has 0 spiro atoms. The SMILES string of the molecule is C=C[SiH](C=C)c1cc(C)ccc1C(=O)OOOC(=O)OCCCCCCCCCOC(=O)OOOC(=O)c1ccc(C)cc1[SiH](C=C)C=C. The molecule has 0 aliphatic heterocycles. The van der Waals surface area contributed by atoms with Gasteiger partial charge in [-0.25, -0.2) is 29.0 Å². The Morgan fingerprint density at radius 1 is 0.551 bits per heavy atom. The van der Waals surface area contributed by atoms with Crippen molar-refractivity contribution in [1.82, 2.24) is 0 Å². The lowest BCUT2D eigenvalue weighted by molar-refractivity contribution is -0.452. The molecule has 14 heteroatoms. The summed E-state index contributed by atoms with van der Waals surface area (Å²) in [7, 11) is -3.58. The third kappa shape index (κ3) is 14.5. The summed E-state index contributed by atoms with van der Waals surface area (Å²) in [4.78, 5) is 66.3. The molecule has 0 amide bonds. The van der Waals surface area contributed by atoms with Gasteiger partial charge < -0.3 is 9.47 Å². The molecule has 0 saturated carbocycles. The van der Waals surface area contributed by atoms with Crippen molar-refractivity contribution in [3.05, 3.63) is 108 Å². The maximum Gasteiger partial charge on any atom is 0.543 e. The molecule has 0 fully saturated rings. The van der Waals surface area contributed by atoms with Gasteiger partial charge in [-0.2, -0.15) is 0 Å². The molecule has 0 aliphatic carbocycles. The smallest absolute Gasteiger partial charge is 0.432 e. The first-order valence-corrected chi connectivity index (χ1v) is 19.6. The van der Waals surface area contributed by atoms with Crippen LogP contribution in [0.15, 0.2) is 85.5 Å². The van der Waals surface area contributed by atoms with Gasteiger partial charge in [0, 0.05) is 0 Å². The molecular formula is C35H44O12Si2. The van der Waals surface area contributed by atoms with E-state index in [2.05, 4.69) is 55.9 Å². The van der Waals surface area contributed by atoms with E-state index in [1.165, 1.54) is 0 Å². The molecule has 2 rings (SSSR count). The van der Waals surface area contributed by atoms with Crippen LogP contribution in [0.3, 0.4) is 0 Å².